The van der Waals surface area contributed by atoms with Crippen LogP contribution in [0.5, 0.6) is 5.75 Å². The van der Waals surface area contributed by atoms with Gasteiger partial charge in [0.25, 0.3) is 0 Å². The summed E-state index contributed by atoms with van der Waals surface area (Å²) in [6, 6.07) is 3.47. The van der Waals surface area contributed by atoms with Crippen LogP contribution in [-0.4, -0.2) is 24.3 Å². The van der Waals surface area contributed by atoms with E-state index in [-0.39, 0.29) is 22.4 Å². The van der Waals surface area contributed by atoms with Crippen molar-refractivity contribution in [2.75, 3.05) is 7.11 Å². The van der Waals surface area contributed by atoms with Gasteiger partial charge < -0.3 is 19.4 Å². The van der Waals surface area contributed by atoms with E-state index in [0.29, 0.717) is 17.8 Å². The molecule has 140 valence electrons. The maximum absolute atomic E-state index is 11.3. The molecule has 1 unspecified atom stereocenters. The zero-order valence-corrected chi connectivity index (χ0v) is 14.7. The molecule has 4 fully saturated rings. The molecule has 26 heavy (non-hydrogen) atoms. The second kappa shape index (κ2) is 6.23. The number of carbonyl (C=O) groups excluding carboxylic acids is 1. The third-order valence-electron chi connectivity index (χ3n) is 6.43. The Morgan fingerprint density at radius 2 is 1.77 bits per heavy atom. The number of hydrogen-bond acceptors (Lipinski definition) is 6. The third kappa shape index (κ3) is 2.84. The standard InChI is InChI=1S/C19H23NO6/c1-25-18(19-8-11-4-12(9-19)6-13(5-11)10-19)26-16-7-14(17(21)22)2-3-15(16)20(23)24/h2-3,7,11-13,18H,4-6,8-10H2,1H3,(H,21,22)/p-1. The van der Waals surface area contributed by atoms with Crippen molar-refractivity contribution >= 4 is 11.7 Å². The van der Waals surface area contributed by atoms with Crippen molar-refractivity contribution in [1.82, 2.24) is 0 Å². The Labute approximate surface area is 151 Å². The summed E-state index contributed by atoms with van der Waals surface area (Å²) in [4.78, 5) is 21.9. The molecule has 1 atom stereocenters. The first-order valence-corrected chi connectivity index (χ1v) is 9.09. The fourth-order valence-corrected chi connectivity index (χ4v) is 5.89. The first-order chi connectivity index (χ1) is 12.4. The van der Waals surface area contributed by atoms with Gasteiger partial charge in [-0.3, -0.25) is 10.1 Å². The molecule has 5 rings (SSSR count). The number of benzene rings is 1. The lowest BCUT2D eigenvalue weighted by molar-refractivity contribution is -0.386. The minimum Gasteiger partial charge on any atom is -0.545 e. The molecule has 0 radical (unpaired) electrons. The van der Waals surface area contributed by atoms with E-state index in [4.69, 9.17) is 9.47 Å². The van der Waals surface area contributed by atoms with E-state index >= 15 is 0 Å². The van der Waals surface area contributed by atoms with Gasteiger partial charge in [-0.15, -0.1) is 0 Å². The summed E-state index contributed by atoms with van der Waals surface area (Å²) >= 11 is 0. The average Bonchev–Trinajstić information content (AvgIpc) is 2.57. The highest BCUT2D eigenvalue weighted by Gasteiger charge is 2.55. The molecule has 0 amide bonds. The molecule has 0 heterocycles. The summed E-state index contributed by atoms with van der Waals surface area (Å²) in [6.07, 6.45) is 6.18. The SMILES string of the molecule is COC(Oc1cc(C(=O)[O-])ccc1[N+](=O)[O-])C12CC3CC(CC(C3)C1)C2. The summed E-state index contributed by atoms with van der Waals surface area (Å²) in [6.45, 7) is 0. The van der Waals surface area contributed by atoms with Crippen LogP contribution in [0, 0.1) is 33.3 Å². The minimum atomic E-state index is -1.39. The van der Waals surface area contributed by atoms with E-state index < -0.39 is 17.2 Å². The van der Waals surface area contributed by atoms with Crippen LogP contribution >= 0.6 is 0 Å². The van der Waals surface area contributed by atoms with Crippen molar-refractivity contribution in [2.45, 2.75) is 44.8 Å². The highest BCUT2D eigenvalue weighted by Crippen LogP contribution is 2.61. The van der Waals surface area contributed by atoms with Crippen LogP contribution in [0.3, 0.4) is 0 Å². The molecule has 7 nitrogen and oxygen atoms in total. The number of nitrogens with zero attached hydrogens (tertiary/aromatic N) is 1. The number of methoxy groups -OCH3 is 1. The third-order valence-corrected chi connectivity index (χ3v) is 6.43. The van der Waals surface area contributed by atoms with Crippen LogP contribution in [0.2, 0.25) is 0 Å². The monoisotopic (exact) mass is 360 g/mol. The number of carboxylic acids is 1. The van der Waals surface area contributed by atoms with Gasteiger partial charge in [-0.1, -0.05) is 0 Å². The van der Waals surface area contributed by atoms with E-state index in [2.05, 4.69) is 0 Å². The summed E-state index contributed by atoms with van der Waals surface area (Å²) in [5.74, 6) is 0.555. The summed E-state index contributed by atoms with van der Waals surface area (Å²) in [7, 11) is 1.55. The Bertz CT molecular complexity index is 710. The van der Waals surface area contributed by atoms with Crippen LogP contribution in [0.25, 0.3) is 0 Å². The van der Waals surface area contributed by atoms with E-state index in [1.54, 1.807) is 7.11 Å². The van der Waals surface area contributed by atoms with Crippen LogP contribution < -0.4 is 9.84 Å². The van der Waals surface area contributed by atoms with E-state index in [9.17, 15) is 20.0 Å². The fraction of sp³-hybridized carbons (Fsp3) is 0.632. The molecule has 4 bridgehead atoms. The Morgan fingerprint density at radius 3 is 2.23 bits per heavy atom. The number of rotatable bonds is 6. The smallest absolute Gasteiger partial charge is 0.311 e. The molecule has 0 spiro atoms. The van der Waals surface area contributed by atoms with Crippen LogP contribution in [-0.2, 0) is 4.74 Å². The van der Waals surface area contributed by atoms with E-state index in [1.165, 1.54) is 25.3 Å². The van der Waals surface area contributed by atoms with Gasteiger partial charge in [0.05, 0.1) is 10.9 Å². The van der Waals surface area contributed by atoms with Crippen molar-refractivity contribution in [3.8, 4) is 5.75 Å². The molecule has 0 aromatic heterocycles. The Morgan fingerprint density at radius 1 is 1.19 bits per heavy atom. The number of ether oxygens (including phenoxy) is 2. The van der Waals surface area contributed by atoms with Crippen molar-refractivity contribution in [2.24, 2.45) is 23.2 Å². The number of carbonyl (C=O) groups is 1. The van der Waals surface area contributed by atoms with Crippen molar-refractivity contribution < 1.29 is 24.3 Å². The normalized spacial score (nSPS) is 33.0. The van der Waals surface area contributed by atoms with Gasteiger partial charge in [-0.25, -0.2) is 0 Å². The zero-order chi connectivity index (χ0) is 18.5. The molecule has 7 heteroatoms. The summed E-state index contributed by atoms with van der Waals surface area (Å²) in [5.41, 5.74) is -0.553. The van der Waals surface area contributed by atoms with Crippen molar-refractivity contribution in [1.29, 1.82) is 0 Å². The quantitative estimate of drug-likeness (QED) is 0.439. The predicted octanol–water partition coefficient (Wildman–Crippen LogP) is 2.53. The molecule has 4 saturated carbocycles. The second-order valence-electron chi connectivity index (χ2n) is 8.19. The highest BCUT2D eigenvalue weighted by atomic mass is 16.7. The van der Waals surface area contributed by atoms with Gasteiger partial charge in [0.15, 0.2) is 0 Å². The van der Waals surface area contributed by atoms with Crippen LogP contribution in [0.15, 0.2) is 18.2 Å². The second-order valence-corrected chi connectivity index (χ2v) is 8.19. The maximum Gasteiger partial charge on any atom is 0.311 e. The van der Waals surface area contributed by atoms with Crippen molar-refractivity contribution in [3.05, 3.63) is 33.9 Å². The first-order valence-electron chi connectivity index (χ1n) is 9.09. The first kappa shape index (κ1) is 17.3. The van der Waals surface area contributed by atoms with Gasteiger partial charge in [-0.05, 0) is 68.4 Å². The number of hydrogen-bond donors (Lipinski definition) is 0. The van der Waals surface area contributed by atoms with Gasteiger partial charge in [0.1, 0.15) is 0 Å². The lowest BCUT2D eigenvalue weighted by atomic mass is 9.49. The molecule has 4 aliphatic rings. The van der Waals surface area contributed by atoms with E-state index in [0.717, 1.165) is 31.4 Å². The molecule has 0 N–H and O–H groups in total. The lowest BCUT2D eigenvalue weighted by Crippen LogP contribution is -2.54. The molecule has 0 aliphatic heterocycles. The fourth-order valence-electron chi connectivity index (χ4n) is 5.89. The molecular formula is C19H22NO6-. The largest absolute Gasteiger partial charge is 0.545 e. The topological polar surface area (TPSA) is 102 Å². The minimum absolute atomic E-state index is 0.0701. The van der Waals surface area contributed by atoms with Crippen LogP contribution in [0.1, 0.15) is 48.9 Å². The van der Waals surface area contributed by atoms with Gasteiger partial charge in [0, 0.05) is 24.2 Å². The Hall–Kier alpha value is -2.15. The highest BCUT2D eigenvalue weighted by molar-refractivity contribution is 5.87. The maximum atomic E-state index is 11.3. The average molecular weight is 360 g/mol. The summed E-state index contributed by atoms with van der Waals surface area (Å²) in [5, 5.41) is 22.5. The van der Waals surface area contributed by atoms with E-state index in [1.807, 2.05) is 0 Å². The zero-order valence-electron chi connectivity index (χ0n) is 14.7. The molecule has 0 saturated heterocycles. The molecular weight excluding hydrogens is 338 g/mol. The van der Waals surface area contributed by atoms with Crippen LogP contribution in [0.4, 0.5) is 5.69 Å². The number of carboxylic acid groups (broad SMARTS) is 1. The lowest BCUT2D eigenvalue weighted by Gasteiger charge is -2.58. The Balaban J connectivity index is 1.66. The van der Waals surface area contributed by atoms with Gasteiger partial charge >= 0.3 is 5.69 Å². The number of nitro groups is 1. The summed E-state index contributed by atoms with van der Waals surface area (Å²) < 4.78 is 11.6. The van der Waals surface area contributed by atoms with Crippen molar-refractivity contribution in [3.63, 3.8) is 0 Å². The number of nitro benzene ring substituents is 1. The van der Waals surface area contributed by atoms with Gasteiger partial charge in [0.2, 0.25) is 12.0 Å². The predicted molar refractivity (Wildman–Crippen MR) is 89.5 cm³/mol. The Kier molecular flexibility index (Phi) is 4.14. The molecule has 1 aromatic rings. The molecule has 1 aromatic carbocycles. The van der Waals surface area contributed by atoms with Gasteiger partial charge in [-0.2, -0.15) is 0 Å². The molecule has 4 aliphatic carbocycles. The number of aromatic carboxylic acids is 1.